The third-order valence-electron chi connectivity index (χ3n) is 3.10. The Labute approximate surface area is 134 Å². The lowest BCUT2D eigenvalue weighted by Crippen LogP contribution is -2.33. The Hall–Kier alpha value is -0.480. The van der Waals surface area contributed by atoms with Gasteiger partial charge in [-0.05, 0) is 43.7 Å². The predicted molar refractivity (Wildman–Crippen MR) is 92.4 cm³/mol. The number of nitrogens with one attached hydrogen (secondary N) is 1. The van der Waals surface area contributed by atoms with Crippen LogP contribution < -0.4 is 5.32 Å². The van der Waals surface area contributed by atoms with E-state index in [0.29, 0.717) is 6.04 Å². The number of thioether (sulfide) groups is 1. The minimum Gasteiger partial charge on any atom is -0.313 e. The van der Waals surface area contributed by atoms with Crippen molar-refractivity contribution in [2.75, 3.05) is 12.3 Å². The molecule has 1 unspecified atom stereocenters. The first kappa shape index (κ1) is 15.9. The Morgan fingerprint density at radius 1 is 1.25 bits per heavy atom. The molecule has 1 N–H and O–H groups in total. The molecule has 0 fully saturated rings. The Balaban J connectivity index is 1.94. The zero-order valence-electron chi connectivity index (χ0n) is 11.9. The Bertz CT molecular complexity index is 539. The molecular formula is C16H20ClNS2. The molecule has 1 heterocycles. The monoisotopic (exact) mass is 325 g/mol. The summed E-state index contributed by atoms with van der Waals surface area (Å²) in [4.78, 5) is 2.73. The van der Waals surface area contributed by atoms with Crippen molar-refractivity contribution >= 4 is 34.7 Å². The largest absolute Gasteiger partial charge is 0.313 e. The Morgan fingerprint density at radius 2 is 2.05 bits per heavy atom. The van der Waals surface area contributed by atoms with E-state index in [1.54, 1.807) is 11.3 Å². The Morgan fingerprint density at radius 3 is 2.70 bits per heavy atom. The van der Waals surface area contributed by atoms with Crippen LogP contribution in [0.4, 0.5) is 0 Å². The molecule has 0 saturated heterocycles. The first-order chi connectivity index (χ1) is 9.69. The summed E-state index contributed by atoms with van der Waals surface area (Å²) in [6, 6.07) is 13.2. The van der Waals surface area contributed by atoms with Crippen LogP contribution in [0.1, 0.15) is 17.4 Å². The SMILES string of the molecule is CCNC(CSc1ccccc1C)Cc1ccc(Cl)s1. The molecule has 0 radical (unpaired) electrons. The minimum atomic E-state index is 0.485. The summed E-state index contributed by atoms with van der Waals surface area (Å²) in [6.45, 7) is 5.33. The van der Waals surface area contributed by atoms with Crippen LogP contribution >= 0.6 is 34.7 Å². The molecule has 1 atom stereocenters. The van der Waals surface area contributed by atoms with Gasteiger partial charge in [0.05, 0.1) is 4.34 Å². The molecule has 0 bridgehead atoms. The van der Waals surface area contributed by atoms with Gasteiger partial charge in [0.1, 0.15) is 0 Å². The maximum absolute atomic E-state index is 6.01. The smallest absolute Gasteiger partial charge is 0.0931 e. The average Bonchev–Trinajstić information content (AvgIpc) is 2.83. The van der Waals surface area contributed by atoms with E-state index < -0.39 is 0 Å². The third-order valence-corrected chi connectivity index (χ3v) is 5.69. The maximum atomic E-state index is 6.01. The summed E-state index contributed by atoms with van der Waals surface area (Å²) >= 11 is 9.62. The van der Waals surface area contributed by atoms with Crippen molar-refractivity contribution in [1.82, 2.24) is 5.32 Å². The van der Waals surface area contributed by atoms with Gasteiger partial charge in [-0.15, -0.1) is 23.1 Å². The van der Waals surface area contributed by atoms with E-state index in [-0.39, 0.29) is 0 Å². The zero-order valence-corrected chi connectivity index (χ0v) is 14.2. The molecule has 0 aliphatic carbocycles. The fourth-order valence-electron chi connectivity index (χ4n) is 2.09. The lowest BCUT2D eigenvalue weighted by molar-refractivity contribution is 0.576. The molecule has 1 aromatic heterocycles. The average molecular weight is 326 g/mol. The number of benzene rings is 1. The molecule has 4 heteroatoms. The number of thiophene rings is 1. The normalized spacial score (nSPS) is 12.6. The second-order valence-corrected chi connectivity index (χ2v) is 7.60. The lowest BCUT2D eigenvalue weighted by Gasteiger charge is -2.17. The van der Waals surface area contributed by atoms with E-state index in [4.69, 9.17) is 11.6 Å². The highest BCUT2D eigenvalue weighted by Gasteiger charge is 2.11. The summed E-state index contributed by atoms with van der Waals surface area (Å²) in [5.41, 5.74) is 1.35. The van der Waals surface area contributed by atoms with Gasteiger partial charge in [-0.2, -0.15) is 0 Å². The van der Waals surface area contributed by atoms with E-state index in [1.165, 1.54) is 15.3 Å². The first-order valence-corrected chi connectivity index (χ1v) is 9.03. The van der Waals surface area contributed by atoms with E-state index in [0.717, 1.165) is 23.1 Å². The number of hydrogen-bond donors (Lipinski definition) is 1. The zero-order chi connectivity index (χ0) is 14.4. The van der Waals surface area contributed by atoms with Crippen LogP contribution in [0.15, 0.2) is 41.3 Å². The van der Waals surface area contributed by atoms with Crippen LogP contribution in [0, 0.1) is 6.92 Å². The van der Waals surface area contributed by atoms with Gasteiger partial charge in [0.2, 0.25) is 0 Å². The third kappa shape index (κ3) is 4.81. The summed E-state index contributed by atoms with van der Waals surface area (Å²) in [5, 5.41) is 3.57. The van der Waals surface area contributed by atoms with E-state index >= 15 is 0 Å². The van der Waals surface area contributed by atoms with Crippen molar-refractivity contribution in [2.24, 2.45) is 0 Å². The molecule has 2 rings (SSSR count). The fraction of sp³-hybridized carbons (Fsp3) is 0.375. The quantitative estimate of drug-likeness (QED) is 0.717. The van der Waals surface area contributed by atoms with Gasteiger partial charge in [0.15, 0.2) is 0 Å². The van der Waals surface area contributed by atoms with Crippen molar-refractivity contribution in [3.63, 3.8) is 0 Å². The van der Waals surface area contributed by atoms with E-state index in [2.05, 4.69) is 49.5 Å². The van der Waals surface area contributed by atoms with Gasteiger partial charge in [-0.25, -0.2) is 0 Å². The summed E-state index contributed by atoms with van der Waals surface area (Å²) in [6.07, 6.45) is 1.05. The molecule has 0 aliphatic heterocycles. The van der Waals surface area contributed by atoms with Gasteiger partial charge in [-0.3, -0.25) is 0 Å². The van der Waals surface area contributed by atoms with Crippen LogP contribution in [0.3, 0.4) is 0 Å². The molecule has 20 heavy (non-hydrogen) atoms. The summed E-state index contributed by atoms with van der Waals surface area (Å²) in [5.74, 6) is 1.08. The van der Waals surface area contributed by atoms with Crippen LogP contribution in [0.5, 0.6) is 0 Å². The van der Waals surface area contributed by atoms with Crippen LogP contribution in [0.2, 0.25) is 4.34 Å². The number of aryl methyl sites for hydroxylation is 1. The number of halogens is 1. The molecule has 0 saturated carbocycles. The highest BCUT2D eigenvalue weighted by Crippen LogP contribution is 2.26. The van der Waals surface area contributed by atoms with Gasteiger partial charge >= 0.3 is 0 Å². The minimum absolute atomic E-state index is 0.485. The second kappa shape index (κ2) is 8.08. The highest BCUT2D eigenvalue weighted by molar-refractivity contribution is 7.99. The Kier molecular flexibility index (Phi) is 6.43. The fourth-order valence-corrected chi connectivity index (χ4v) is 4.35. The molecular weight excluding hydrogens is 306 g/mol. The number of likely N-dealkylation sites (N-methyl/N-ethyl adjacent to an activating group) is 1. The maximum Gasteiger partial charge on any atom is 0.0931 e. The van der Waals surface area contributed by atoms with E-state index in [9.17, 15) is 0 Å². The van der Waals surface area contributed by atoms with Crippen molar-refractivity contribution < 1.29 is 0 Å². The van der Waals surface area contributed by atoms with Crippen molar-refractivity contribution in [2.45, 2.75) is 31.2 Å². The highest BCUT2D eigenvalue weighted by atomic mass is 35.5. The molecule has 1 nitrogen and oxygen atoms in total. The van der Waals surface area contributed by atoms with Gasteiger partial charge in [-0.1, -0.05) is 36.7 Å². The van der Waals surface area contributed by atoms with Crippen LogP contribution in [-0.2, 0) is 6.42 Å². The van der Waals surface area contributed by atoms with E-state index in [1.807, 2.05) is 17.8 Å². The van der Waals surface area contributed by atoms with Crippen molar-refractivity contribution in [3.8, 4) is 0 Å². The lowest BCUT2D eigenvalue weighted by atomic mass is 10.2. The first-order valence-electron chi connectivity index (χ1n) is 6.85. The summed E-state index contributed by atoms with van der Waals surface area (Å²) < 4.78 is 0.877. The molecule has 0 amide bonds. The van der Waals surface area contributed by atoms with Gasteiger partial charge < -0.3 is 5.32 Å². The molecule has 2 aromatic rings. The molecule has 0 spiro atoms. The number of rotatable bonds is 7. The second-order valence-electron chi connectivity index (χ2n) is 4.74. The number of hydrogen-bond acceptors (Lipinski definition) is 3. The van der Waals surface area contributed by atoms with Crippen LogP contribution in [-0.4, -0.2) is 18.3 Å². The molecule has 1 aromatic carbocycles. The standard InChI is InChI=1S/C16H20ClNS2/c1-3-18-13(10-14-8-9-16(17)20-14)11-19-15-7-5-4-6-12(15)2/h4-9,13,18H,3,10-11H2,1-2H3. The predicted octanol–water partition coefficient (Wildman–Crippen LogP) is 5.02. The van der Waals surface area contributed by atoms with Crippen molar-refractivity contribution in [1.29, 1.82) is 0 Å². The molecule has 108 valence electrons. The summed E-state index contributed by atoms with van der Waals surface area (Å²) in [7, 11) is 0. The topological polar surface area (TPSA) is 12.0 Å². The van der Waals surface area contributed by atoms with Gasteiger partial charge in [0, 0.05) is 21.6 Å². The van der Waals surface area contributed by atoms with Crippen LogP contribution in [0.25, 0.3) is 0 Å². The van der Waals surface area contributed by atoms with Gasteiger partial charge in [0.25, 0.3) is 0 Å². The molecule has 0 aliphatic rings. The van der Waals surface area contributed by atoms with Crippen molar-refractivity contribution in [3.05, 3.63) is 51.2 Å².